The van der Waals surface area contributed by atoms with Gasteiger partial charge in [0.25, 0.3) is 5.91 Å². The van der Waals surface area contributed by atoms with Gasteiger partial charge in [-0.3, -0.25) is 9.69 Å². The molecule has 3 rings (SSSR count). The number of rotatable bonds is 7. The van der Waals surface area contributed by atoms with E-state index >= 15 is 0 Å². The van der Waals surface area contributed by atoms with E-state index in [2.05, 4.69) is 10.1 Å². The Morgan fingerprint density at radius 1 is 1.23 bits per heavy atom. The summed E-state index contributed by atoms with van der Waals surface area (Å²) in [7, 11) is 2.66. The topological polar surface area (TPSA) is 131 Å². The number of furan rings is 1. The van der Waals surface area contributed by atoms with E-state index in [-0.39, 0.29) is 30.4 Å². The molecule has 1 aliphatic heterocycles. The summed E-state index contributed by atoms with van der Waals surface area (Å²) in [6.07, 6.45) is 1.48. The van der Waals surface area contributed by atoms with Crippen LogP contribution in [0.1, 0.15) is 21.9 Å². The molecule has 1 aromatic heterocycles. The van der Waals surface area contributed by atoms with Crippen LogP contribution in [-0.4, -0.2) is 43.6 Å². The van der Waals surface area contributed by atoms with Crippen LogP contribution in [0.15, 0.2) is 40.4 Å². The zero-order chi connectivity index (χ0) is 21.7. The SMILES string of the molecule is COC(=O)c1ccc(CN2C(=O)N/C(=C\c3ccc(OCC#N)c(OC)c3)C2=O)o1. The molecule has 2 heterocycles. The summed E-state index contributed by atoms with van der Waals surface area (Å²) in [4.78, 5) is 37.3. The highest BCUT2D eigenvalue weighted by atomic mass is 16.5. The average Bonchev–Trinajstić information content (AvgIpc) is 3.32. The molecule has 154 valence electrons. The number of hydrogen-bond donors (Lipinski definition) is 1. The second kappa shape index (κ2) is 8.83. The van der Waals surface area contributed by atoms with Crippen molar-refractivity contribution in [3.8, 4) is 17.6 Å². The Morgan fingerprint density at radius 2 is 2.03 bits per heavy atom. The van der Waals surface area contributed by atoms with Gasteiger partial charge in [-0.15, -0.1) is 0 Å². The third kappa shape index (κ3) is 4.25. The number of nitriles is 1. The molecule has 1 fully saturated rings. The Bertz CT molecular complexity index is 1060. The van der Waals surface area contributed by atoms with E-state index in [1.165, 1.54) is 32.4 Å². The van der Waals surface area contributed by atoms with Crippen molar-refractivity contribution in [2.75, 3.05) is 20.8 Å². The molecule has 0 atom stereocenters. The first kappa shape index (κ1) is 20.5. The molecule has 1 N–H and O–H groups in total. The lowest BCUT2D eigenvalue weighted by Gasteiger charge is -2.09. The molecule has 10 heteroatoms. The number of carbonyl (C=O) groups excluding carboxylic acids is 3. The lowest BCUT2D eigenvalue weighted by molar-refractivity contribution is -0.123. The predicted molar refractivity (Wildman–Crippen MR) is 101 cm³/mol. The summed E-state index contributed by atoms with van der Waals surface area (Å²) in [5.41, 5.74) is 0.639. The average molecular weight is 411 g/mol. The quantitative estimate of drug-likeness (QED) is 0.416. The number of methoxy groups -OCH3 is 2. The van der Waals surface area contributed by atoms with Gasteiger partial charge in [0.15, 0.2) is 18.1 Å². The van der Waals surface area contributed by atoms with E-state index < -0.39 is 17.9 Å². The van der Waals surface area contributed by atoms with E-state index in [9.17, 15) is 14.4 Å². The molecule has 3 amide bonds. The van der Waals surface area contributed by atoms with E-state index in [1.54, 1.807) is 18.2 Å². The van der Waals surface area contributed by atoms with Crippen LogP contribution in [-0.2, 0) is 16.1 Å². The first-order chi connectivity index (χ1) is 14.5. The van der Waals surface area contributed by atoms with Crippen molar-refractivity contribution in [2.45, 2.75) is 6.54 Å². The zero-order valence-corrected chi connectivity index (χ0v) is 16.1. The van der Waals surface area contributed by atoms with Crippen molar-refractivity contribution in [2.24, 2.45) is 0 Å². The van der Waals surface area contributed by atoms with Crippen molar-refractivity contribution in [3.63, 3.8) is 0 Å². The van der Waals surface area contributed by atoms with Crippen LogP contribution >= 0.6 is 0 Å². The van der Waals surface area contributed by atoms with E-state index in [0.717, 1.165) is 4.90 Å². The van der Waals surface area contributed by atoms with Crippen molar-refractivity contribution < 1.29 is 33.0 Å². The molecule has 0 spiro atoms. The molecule has 0 radical (unpaired) electrons. The molecular weight excluding hydrogens is 394 g/mol. The normalized spacial score (nSPS) is 14.4. The monoisotopic (exact) mass is 411 g/mol. The van der Waals surface area contributed by atoms with Gasteiger partial charge < -0.3 is 23.9 Å². The summed E-state index contributed by atoms with van der Waals surface area (Å²) in [5, 5.41) is 11.1. The van der Waals surface area contributed by atoms with Gasteiger partial charge in [0.2, 0.25) is 5.76 Å². The minimum absolute atomic E-state index is 0.0267. The molecule has 1 aliphatic rings. The second-order valence-corrected chi connectivity index (χ2v) is 5.99. The van der Waals surface area contributed by atoms with Crippen LogP contribution in [0, 0.1) is 11.3 Å². The Hall–Kier alpha value is -4.26. The third-order valence-corrected chi connectivity index (χ3v) is 4.12. The van der Waals surface area contributed by atoms with Crippen LogP contribution in [0.25, 0.3) is 6.08 Å². The maximum atomic E-state index is 12.6. The maximum absolute atomic E-state index is 12.6. The lowest BCUT2D eigenvalue weighted by Crippen LogP contribution is -2.30. The van der Waals surface area contributed by atoms with Crippen LogP contribution in [0.5, 0.6) is 11.5 Å². The van der Waals surface area contributed by atoms with Crippen LogP contribution in [0.3, 0.4) is 0 Å². The standard InChI is InChI=1S/C20H17N3O7/c1-27-17-10-12(3-5-15(17)29-8-7-21)9-14-18(24)23(20(26)22-14)11-13-4-6-16(30-13)19(25)28-2/h3-6,9-10H,8,11H2,1-2H3,(H,22,26)/b14-9-. The molecule has 0 bridgehead atoms. The number of imide groups is 1. The van der Waals surface area contributed by atoms with Gasteiger partial charge in [-0.2, -0.15) is 5.26 Å². The Morgan fingerprint density at radius 3 is 2.73 bits per heavy atom. The number of nitrogens with one attached hydrogen (secondary N) is 1. The molecule has 1 saturated heterocycles. The molecule has 10 nitrogen and oxygen atoms in total. The largest absolute Gasteiger partial charge is 0.493 e. The highest BCUT2D eigenvalue weighted by molar-refractivity contribution is 6.13. The van der Waals surface area contributed by atoms with Gasteiger partial charge in [-0.1, -0.05) is 6.07 Å². The fourth-order valence-corrected chi connectivity index (χ4v) is 2.71. The molecular formula is C20H17N3O7. The summed E-state index contributed by atoms with van der Waals surface area (Å²) >= 11 is 0. The van der Waals surface area contributed by atoms with Crippen LogP contribution in [0.2, 0.25) is 0 Å². The summed E-state index contributed by atoms with van der Waals surface area (Å²) in [5.74, 6) is -0.236. The molecule has 0 unspecified atom stereocenters. The molecule has 30 heavy (non-hydrogen) atoms. The minimum Gasteiger partial charge on any atom is -0.493 e. The van der Waals surface area contributed by atoms with Crippen molar-refractivity contribution in [1.29, 1.82) is 5.26 Å². The fourth-order valence-electron chi connectivity index (χ4n) is 2.71. The van der Waals surface area contributed by atoms with Crippen LogP contribution in [0.4, 0.5) is 4.79 Å². The van der Waals surface area contributed by atoms with E-state index in [0.29, 0.717) is 17.1 Å². The second-order valence-electron chi connectivity index (χ2n) is 5.99. The number of carbonyl (C=O) groups is 3. The minimum atomic E-state index is -0.657. The summed E-state index contributed by atoms with van der Waals surface area (Å²) < 4.78 is 20.3. The van der Waals surface area contributed by atoms with Gasteiger partial charge in [-0.05, 0) is 35.9 Å². The zero-order valence-electron chi connectivity index (χ0n) is 16.1. The predicted octanol–water partition coefficient (Wildman–Crippen LogP) is 2.07. The maximum Gasteiger partial charge on any atom is 0.373 e. The number of hydrogen-bond acceptors (Lipinski definition) is 8. The van der Waals surface area contributed by atoms with E-state index in [1.807, 2.05) is 6.07 Å². The summed E-state index contributed by atoms with van der Waals surface area (Å²) in [6.45, 7) is -0.284. The van der Waals surface area contributed by atoms with Gasteiger partial charge >= 0.3 is 12.0 Å². The molecule has 0 saturated carbocycles. The number of urea groups is 1. The number of nitrogens with zero attached hydrogens (tertiary/aromatic N) is 2. The first-order valence-electron chi connectivity index (χ1n) is 8.66. The van der Waals surface area contributed by atoms with E-state index in [4.69, 9.17) is 19.2 Å². The highest BCUT2D eigenvalue weighted by Gasteiger charge is 2.34. The molecule has 2 aromatic rings. The number of amides is 3. The molecule has 1 aromatic carbocycles. The smallest absolute Gasteiger partial charge is 0.373 e. The number of esters is 1. The van der Waals surface area contributed by atoms with Gasteiger partial charge in [0.05, 0.1) is 20.8 Å². The number of benzene rings is 1. The third-order valence-electron chi connectivity index (χ3n) is 4.12. The Balaban J connectivity index is 1.77. The molecule has 0 aliphatic carbocycles. The van der Waals surface area contributed by atoms with Crippen molar-refractivity contribution in [1.82, 2.24) is 10.2 Å². The first-order valence-corrected chi connectivity index (χ1v) is 8.66. The van der Waals surface area contributed by atoms with Crippen LogP contribution < -0.4 is 14.8 Å². The van der Waals surface area contributed by atoms with Gasteiger partial charge in [-0.25, -0.2) is 9.59 Å². The Labute approximate surface area is 171 Å². The lowest BCUT2D eigenvalue weighted by atomic mass is 10.1. The van der Waals surface area contributed by atoms with Gasteiger partial charge in [0, 0.05) is 0 Å². The Kier molecular flexibility index (Phi) is 6.03. The van der Waals surface area contributed by atoms with Crippen molar-refractivity contribution >= 4 is 24.0 Å². The fraction of sp³-hybridized carbons (Fsp3) is 0.200. The highest BCUT2D eigenvalue weighted by Crippen LogP contribution is 2.29. The summed E-state index contributed by atoms with van der Waals surface area (Å²) in [6, 6.07) is 8.99. The van der Waals surface area contributed by atoms with Crippen molar-refractivity contribution in [3.05, 3.63) is 53.1 Å². The van der Waals surface area contributed by atoms with Gasteiger partial charge in [0.1, 0.15) is 17.5 Å². The number of ether oxygens (including phenoxy) is 3.